The van der Waals surface area contributed by atoms with Crippen molar-refractivity contribution in [2.45, 2.75) is 39.0 Å². The Bertz CT molecular complexity index is 224. The van der Waals surface area contributed by atoms with Crippen molar-refractivity contribution in [1.82, 2.24) is 10.6 Å². The molecule has 15 heavy (non-hydrogen) atoms. The average molecular weight is 210 g/mol. The fraction of sp³-hybridized carbons (Fsp3) is 0.917. The van der Waals surface area contributed by atoms with E-state index < -0.39 is 0 Å². The van der Waals surface area contributed by atoms with E-state index >= 15 is 0 Å². The van der Waals surface area contributed by atoms with Crippen molar-refractivity contribution in [2.24, 2.45) is 11.3 Å². The molecule has 86 valence electrons. The van der Waals surface area contributed by atoms with Crippen LogP contribution in [-0.4, -0.2) is 25.5 Å². The van der Waals surface area contributed by atoms with Crippen LogP contribution in [0.4, 0.5) is 0 Å². The van der Waals surface area contributed by atoms with Crippen LogP contribution < -0.4 is 10.6 Å². The predicted octanol–water partition coefficient (Wildman–Crippen LogP) is 1.29. The molecule has 0 bridgehead atoms. The van der Waals surface area contributed by atoms with E-state index in [1.54, 1.807) is 0 Å². The number of carbonyl (C=O) groups is 1. The lowest BCUT2D eigenvalue weighted by molar-refractivity contribution is -0.125. The zero-order valence-corrected chi connectivity index (χ0v) is 9.64. The molecule has 0 aromatic heterocycles. The van der Waals surface area contributed by atoms with E-state index in [2.05, 4.69) is 17.6 Å². The van der Waals surface area contributed by atoms with Gasteiger partial charge in [0.25, 0.3) is 0 Å². The summed E-state index contributed by atoms with van der Waals surface area (Å²) in [6, 6.07) is 0. The molecule has 1 saturated carbocycles. The van der Waals surface area contributed by atoms with Crippen LogP contribution in [0.15, 0.2) is 0 Å². The van der Waals surface area contributed by atoms with Crippen molar-refractivity contribution < 1.29 is 4.79 Å². The molecule has 2 rings (SSSR count). The number of carbonyl (C=O) groups excluding carboxylic acids is 1. The highest BCUT2D eigenvalue weighted by Crippen LogP contribution is 2.43. The van der Waals surface area contributed by atoms with Gasteiger partial charge in [0.2, 0.25) is 5.91 Å². The first-order valence-electron chi connectivity index (χ1n) is 6.24. The summed E-state index contributed by atoms with van der Waals surface area (Å²) in [7, 11) is 0. The van der Waals surface area contributed by atoms with Crippen LogP contribution in [0, 0.1) is 11.3 Å². The summed E-state index contributed by atoms with van der Waals surface area (Å²) in [6.07, 6.45) is 6.15. The van der Waals surface area contributed by atoms with Gasteiger partial charge in [-0.3, -0.25) is 4.79 Å². The Morgan fingerprint density at radius 2 is 2.33 bits per heavy atom. The second-order valence-electron chi connectivity index (χ2n) is 5.11. The summed E-state index contributed by atoms with van der Waals surface area (Å²) < 4.78 is 0. The van der Waals surface area contributed by atoms with Gasteiger partial charge >= 0.3 is 0 Å². The molecule has 2 N–H and O–H groups in total. The van der Waals surface area contributed by atoms with Crippen LogP contribution in [0.5, 0.6) is 0 Å². The van der Waals surface area contributed by atoms with Crippen LogP contribution in [0.1, 0.15) is 39.0 Å². The Morgan fingerprint density at radius 1 is 1.53 bits per heavy atom. The maximum atomic E-state index is 11.8. The third-order valence-corrected chi connectivity index (χ3v) is 4.23. The second kappa shape index (κ2) is 4.52. The van der Waals surface area contributed by atoms with Gasteiger partial charge < -0.3 is 10.6 Å². The minimum Gasteiger partial charge on any atom is -0.355 e. The van der Waals surface area contributed by atoms with E-state index in [4.69, 9.17) is 0 Å². The highest BCUT2D eigenvalue weighted by atomic mass is 16.1. The molecule has 1 aliphatic carbocycles. The standard InChI is InChI=1S/C12H22N2O/c1-2-12(5-3-6-12)9-14-11(15)10-4-7-13-8-10/h10,13H,2-9H2,1H3,(H,14,15)/t10-/m1/s1. The molecular formula is C12H22N2O. The molecule has 0 spiro atoms. The molecule has 0 aromatic rings. The van der Waals surface area contributed by atoms with Gasteiger partial charge in [-0.25, -0.2) is 0 Å². The van der Waals surface area contributed by atoms with Gasteiger partial charge in [0.15, 0.2) is 0 Å². The fourth-order valence-electron chi connectivity index (χ4n) is 2.63. The number of nitrogens with one attached hydrogen (secondary N) is 2. The fourth-order valence-corrected chi connectivity index (χ4v) is 2.63. The van der Waals surface area contributed by atoms with Gasteiger partial charge in [-0.1, -0.05) is 13.3 Å². The van der Waals surface area contributed by atoms with Crippen molar-refractivity contribution in [3.63, 3.8) is 0 Å². The SMILES string of the molecule is CCC1(CNC(=O)[C@@H]2CCNC2)CCC1. The molecule has 1 heterocycles. The molecule has 0 radical (unpaired) electrons. The molecule has 1 amide bonds. The first-order valence-corrected chi connectivity index (χ1v) is 6.24. The highest BCUT2D eigenvalue weighted by molar-refractivity contribution is 5.79. The van der Waals surface area contributed by atoms with E-state index in [-0.39, 0.29) is 11.8 Å². The summed E-state index contributed by atoms with van der Waals surface area (Å²) in [5.41, 5.74) is 0.446. The smallest absolute Gasteiger partial charge is 0.224 e. The minimum absolute atomic E-state index is 0.221. The second-order valence-corrected chi connectivity index (χ2v) is 5.11. The predicted molar refractivity (Wildman–Crippen MR) is 60.6 cm³/mol. The summed E-state index contributed by atoms with van der Waals surface area (Å²) in [5, 5.41) is 6.37. The molecule has 1 aliphatic heterocycles. The molecule has 3 nitrogen and oxygen atoms in total. The maximum absolute atomic E-state index is 11.8. The summed E-state index contributed by atoms with van der Waals surface area (Å²) in [4.78, 5) is 11.8. The lowest BCUT2D eigenvalue weighted by atomic mass is 9.67. The zero-order chi connectivity index (χ0) is 10.7. The van der Waals surface area contributed by atoms with Gasteiger partial charge in [0.05, 0.1) is 5.92 Å². The number of hydrogen-bond acceptors (Lipinski definition) is 2. The normalized spacial score (nSPS) is 28.5. The van der Waals surface area contributed by atoms with Crippen molar-refractivity contribution in [3.8, 4) is 0 Å². The molecule has 2 fully saturated rings. The first kappa shape index (κ1) is 10.9. The average Bonchev–Trinajstić information content (AvgIpc) is 2.69. The molecule has 2 aliphatic rings. The Kier molecular flexibility index (Phi) is 3.29. The Morgan fingerprint density at radius 3 is 2.80 bits per heavy atom. The van der Waals surface area contributed by atoms with E-state index in [1.807, 2.05) is 0 Å². The number of amides is 1. The molecule has 1 saturated heterocycles. The Labute approximate surface area is 92.0 Å². The Hall–Kier alpha value is -0.570. The van der Waals surface area contributed by atoms with Gasteiger partial charge in [0.1, 0.15) is 0 Å². The van der Waals surface area contributed by atoms with Crippen molar-refractivity contribution in [3.05, 3.63) is 0 Å². The van der Waals surface area contributed by atoms with Crippen molar-refractivity contribution in [1.29, 1.82) is 0 Å². The van der Waals surface area contributed by atoms with E-state index in [9.17, 15) is 4.79 Å². The van der Waals surface area contributed by atoms with E-state index in [0.29, 0.717) is 5.41 Å². The maximum Gasteiger partial charge on any atom is 0.224 e. The van der Waals surface area contributed by atoms with Gasteiger partial charge in [0, 0.05) is 13.1 Å². The molecular weight excluding hydrogens is 188 g/mol. The molecule has 3 heteroatoms. The van der Waals surface area contributed by atoms with Gasteiger partial charge in [-0.2, -0.15) is 0 Å². The number of hydrogen-bond donors (Lipinski definition) is 2. The van der Waals surface area contributed by atoms with Crippen LogP contribution in [0.3, 0.4) is 0 Å². The van der Waals surface area contributed by atoms with Gasteiger partial charge in [-0.05, 0) is 37.6 Å². The lowest BCUT2D eigenvalue weighted by Gasteiger charge is -2.41. The van der Waals surface area contributed by atoms with Crippen LogP contribution in [0.25, 0.3) is 0 Å². The first-order chi connectivity index (χ1) is 7.26. The van der Waals surface area contributed by atoms with E-state index in [1.165, 1.54) is 25.7 Å². The van der Waals surface area contributed by atoms with Crippen molar-refractivity contribution >= 4 is 5.91 Å². The van der Waals surface area contributed by atoms with Crippen LogP contribution >= 0.6 is 0 Å². The monoisotopic (exact) mass is 210 g/mol. The molecule has 0 unspecified atom stereocenters. The molecule has 1 atom stereocenters. The highest BCUT2D eigenvalue weighted by Gasteiger charge is 2.35. The summed E-state index contributed by atoms with van der Waals surface area (Å²) in [6.45, 7) is 5.00. The largest absolute Gasteiger partial charge is 0.355 e. The molecule has 0 aromatic carbocycles. The van der Waals surface area contributed by atoms with E-state index in [0.717, 1.165) is 26.1 Å². The van der Waals surface area contributed by atoms with Crippen molar-refractivity contribution in [2.75, 3.05) is 19.6 Å². The Balaban J connectivity index is 1.74. The van der Waals surface area contributed by atoms with Gasteiger partial charge in [-0.15, -0.1) is 0 Å². The minimum atomic E-state index is 0.221. The van der Waals surface area contributed by atoms with Crippen LogP contribution in [0.2, 0.25) is 0 Å². The third kappa shape index (κ3) is 2.33. The lowest BCUT2D eigenvalue weighted by Crippen LogP contribution is -2.43. The quantitative estimate of drug-likeness (QED) is 0.734. The summed E-state index contributed by atoms with van der Waals surface area (Å²) in [5.74, 6) is 0.485. The number of rotatable bonds is 4. The summed E-state index contributed by atoms with van der Waals surface area (Å²) >= 11 is 0. The topological polar surface area (TPSA) is 41.1 Å². The van der Waals surface area contributed by atoms with Crippen LogP contribution in [-0.2, 0) is 4.79 Å². The third-order valence-electron chi connectivity index (χ3n) is 4.23. The zero-order valence-electron chi connectivity index (χ0n) is 9.64.